The minimum Gasteiger partial charge on any atom is -0.321 e. The number of likely N-dealkylation sites (N-methyl/N-ethyl adjacent to an activating group) is 1. The molecule has 0 aromatic heterocycles. The van der Waals surface area contributed by atoms with E-state index in [-0.39, 0.29) is 6.03 Å². The molecule has 1 aliphatic rings. The van der Waals surface area contributed by atoms with E-state index in [9.17, 15) is 4.79 Å². The minimum absolute atomic E-state index is 0.106. The lowest BCUT2D eigenvalue weighted by Crippen LogP contribution is -2.47. The zero-order chi connectivity index (χ0) is 16.2. The Labute approximate surface area is 141 Å². The molecule has 0 radical (unpaired) electrons. The Kier molecular flexibility index (Phi) is 5.73. The molecule has 0 spiro atoms. The zero-order valence-corrected chi connectivity index (χ0v) is 14.3. The van der Waals surface area contributed by atoms with E-state index in [1.165, 1.54) is 0 Å². The molecule has 0 saturated carbocycles. The Bertz CT molecular complexity index is 544. The molecule has 1 atom stereocenters. The van der Waals surface area contributed by atoms with Gasteiger partial charge in [-0.15, -0.1) is 0 Å². The Hall–Kier alpha value is -1.23. The monoisotopic (exact) mass is 342 g/mol. The molecule has 1 unspecified atom stereocenters. The molecule has 1 aliphatic heterocycles. The van der Waals surface area contributed by atoms with Crippen LogP contribution in [0, 0.1) is 0 Å². The summed E-state index contributed by atoms with van der Waals surface area (Å²) in [5, 5.41) is 3.89. The van der Waals surface area contributed by atoms with Gasteiger partial charge in [0.15, 0.2) is 0 Å². The van der Waals surface area contributed by atoms with Crippen LogP contribution in [-0.2, 0) is 0 Å². The average Bonchev–Trinajstić information content (AvgIpc) is 2.60. The normalized spacial score (nSPS) is 22.0. The molecule has 1 fully saturated rings. The second kappa shape index (κ2) is 7.36. The number of quaternary nitrogens is 1. The predicted octanol–water partition coefficient (Wildman–Crippen LogP) is 3.86. The van der Waals surface area contributed by atoms with Gasteiger partial charge in [-0.2, -0.15) is 0 Å². The quantitative estimate of drug-likeness (QED) is 0.656. The van der Waals surface area contributed by atoms with Crippen molar-refractivity contribution < 1.29 is 9.28 Å². The number of benzene rings is 1. The molecule has 22 heavy (non-hydrogen) atoms. The summed E-state index contributed by atoms with van der Waals surface area (Å²) in [6, 6.07) is 4.93. The van der Waals surface area contributed by atoms with Crippen LogP contribution in [0.25, 0.3) is 0 Å². The van der Waals surface area contributed by atoms with Crippen LogP contribution >= 0.6 is 23.2 Å². The molecule has 1 N–H and O–H groups in total. The van der Waals surface area contributed by atoms with E-state index in [1.54, 1.807) is 18.2 Å². The minimum atomic E-state index is -0.106. The second-order valence-electron chi connectivity index (χ2n) is 5.97. The maximum Gasteiger partial charge on any atom is 0.322 e. The van der Waals surface area contributed by atoms with Gasteiger partial charge in [0.2, 0.25) is 0 Å². The van der Waals surface area contributed by atoms with Gasteiger partial charge in [0, 0.05) is 28.7 Å². The lowest BCUT2D eigenvalue weighted by atomic mass is 10.3. The van der Waals surface area contributed by atoms with Crippen LogP contribution in [0.5, 0.6) is 0 Å². The Morgan fingerprint density at radius 1 is 1.32 bits per heavy atom. The maximum absolute atomic E-state index is 12.4. The summed E-state index contributed by atoms with van der Waals surface area (Å²) in [6.45, 7) is 8.22. The van der Waals surface area contributed by atoms with Crippen LogP contribution in [-0.4, -0.2) is 55.2 Å². The lowest BCUT2D eigenvalue weighted by molar-refractivity contribution is -0.901. The van der Waals surface area contributed by atoms with Crippen LogP contribution in [0.15, 0.2) is 30.9 Å². The molecule has 0 aliphatic carbocycles. The van der Waals surface area contributed by atoms with Crippen LogP contribution in [0.2, 0.25) is 10.0 Å². The van der Waals surface area contributed by atoms with E-state index < -0.39 is 0 Å². The molecule has 1 saturated heterocycles. The summed E-state index contributed by atoms with van der Waals surface area (Å²) in [6.07, 6.45) is 2.93. The fraction of sp³-hybridized carbons (Fsp3) is 0.438. The first-order chi connectivity index (χ1) is 10.4. The third-order valence-corrected chi connectivity index (χ3v) is 4.44. The van der Waals surface area contributed by atoms with Gasteiger partial charge >= 0.3 is 6.03 Å². The second-order valence-corrected chi connectivity index (χ2v) is 6.84. The number of hydrogen-bond donors (Lipinski definition) is 1. The van der Waals surface area contributed by atoms with Gasteiger partial charge in [-0.05, 0) is 24.3 Å². The SMILES string of the molecule is C=CC[N+]1(C)CCCN(C(=O)Nc2cc(Cl)cc(Cl)c2)CC1. The van der Waals surface area contributed by atoms with Crippen LogP contribution in [0.1, 0.15) is 6.42 Å². The van der Waals surface area contributed by atoms with Crippen molar-refractivity contribution in [3.63, 3.8) is 0 Å². The van der Waals surface area contributed by atoms with Gasteiger partial charge < -0.3 is 14.7 Å². The third kappa shape index (κ3) is 4.63. The summed E-state index contributed by atoms with van der Waals surface area (Å²) >= 11 is 11.9. The van der Waals surface area contributed by atoms with E-state index in [2.05, 4.69) is 18.9 Å². The summed E-state index contributed by atoms with van der Waals surface area (Å²) < 4.78 is 0.927. The molecule has 1 aromatic rings. The smallest absolute Gasteiger partial charge is 0.321 e. The number of urea groups is 1. The first-order valence-electron chi connectivity index (χ1n) is 7.38. The standard InChI is InChI=1S/C16H21Cl2N3O/c1-3-7-21(2)8-4-5-20(6-9-21)16(22)19-15-11-13(17)10-14(18)12-15/h3,10-12H,1,4-9H2,2H3/p+1. The van der Waals surface area contributed by atoms with Crippen molar-refractivity contribution in [3.05, 3.63) is 40.9 Å². The lowest BCUT2D eigenvalue weighted by Gasteiger charge is -2.32. The van der Waals surface area contributed by atoms with E-state index in [0.717, 1.165) is 43.6 Å². The number of carbonyl (C=O) groups excluding carboxylic acids is 1. The highest BCUT2D eigenvalue weighted by Crippen LogP contribution is 2.23. The average molecular weight is 343 g/mol. The first-order valence-corrected chi connectivity index (χ1v) is 8.14. The molecule has 6 heteroatoms. The van der Waals surface area contributed by atoms with Gasteiger partial charge in [0.05, 0.1) is 33.2 Å². The number of amides is 2. The predicted molar refractivity (Wildman–Crippen MR) is 92.7 cm³/mol. The summed E-state index contributed by atoms with van der Waals surface area (Å²) in [7, 11) is 2.21. The van der Waals surface area contributed by atoms with Crippen molar-refractivity contribution in [2.45, 2.75) is 6.42 Å². The molecule has 1 aromatic carbocycles. The van der Waals surface area contributed by atoms with Crippen molar-refractivity contribution in [3.8, 4) is 0 Å². The Balaban J connectivity index is 1.99. The van der Waals surface area contributed by atoms with Crippen LogP contribution in [0.3, 0.4) is 0 Å². The molecule has 120 valence electrons. The van der Waals surface area contributed by atoms with Crippen LogP contribution in [0.4, 0.5) is 10.5 Å². The van der Waals surface area contributed by atoms with Gasteiger partial charge in [0.1, 0.15) is 0 Å². The number of nitrogens with one attached hydrogen (secondary N) is 1. The molecule has 0 bridgehead atoms. The maximum atomic E-state index is 12.4. The number of rotatable bonds is 3. The van der Waals surface area contributed by atoms with E-state index >= 15 is 0 Å². The Morgan fingerprint density at radius 3 is 2.64 bits per heavy atom. The van der Waals surface area contributed by atoms with Gasteiger partial charge in [0.25, 0.3) is 0 Å². The fourth-order valence-electron chi connectivity index (χ4n) is 2.75. The van der Waals surface area contributed by atoms with E-state index in [0.29, 0.717) is 15.7 Å². The number of halogens is 2. The Morgan fingerprint density at radius 2 is 2.00 bits per heavy atom. The third-order valence-electron chi connectivity index (χ3n) is 4.01. The van der Waals surface area contributed by atoms with E-state index in [4.69, 9.17) is 23.2 Å². The number of hydrogen-bond acceptors (Lipinski definition) is 1. The van der Waals surface area contributed by atoms with Gasteiger partial charge in [-0.25, -0.2) is 4.79 Å². The first kappa shape index (κ1) is 17.1. The van der Waals surface area contributed by atoms with Crippen molar-refractivity contribution in [2.24, 2.45) is 0 Å². The van der Waals surface area contributed by atoms with Crippen molar-refractivity contribution in [1.29, 1.82) is 0 Å². The largest absolute Gasteiger partial charge is 0.322 e. The molecule has 1 heterocycles. The zero-order valence-electron chi connectivity index (χ0n) is 12.8. The van der Waals surface area contributed by atoms with Crippen molar-refractivity contribution in [1.82, 2.24) is 4.90 Å². The molecule has 2 rings (SSSR count). The molecule has 2 amide bonds. The highest BCUT2D eigenvalue weighted by Gasteiger charge is 2.27. The van der Waals surface area contributed by atoms with Crippen LogP contribution < -0.4 is 5.32 Å². The summed E-state index contributed by atoms with van der Waals surface area (Å²) in [4.78, 5) is 14.3. The fourth-order valence-corrected chi connectivity index (χ4v) is 3.28. The highest BCUT2D eigenvalue weighted by atomic mass is 35.5. The molecule has 4 nitrogen and oxygen atoms in total. The van der Waals surface area contributed by atoms with Gasteiger partial charge in [-0.3, -0.25) is 0 Å². The van der Waals surface area contributed by atoms with Crippen molar-refractivity contribution >= 4 is 34.9 Å². The topological polar surface area (TPSA) is 32.3 Å². The molecular formula is C16H22Cl2N3O+. The summed E-state index contributed by atoms with van der Waals surface area (Å²) in [5.41, 5.74) is 0.620. The molecular weight excluding hydrogens is 321 g/mol. The highest BCUT2D eigenvalue weighted by molar-refractivity contribution is 6.35. The number of anilines is 1. The number of carbonyl (C=O) groups is 1. The number of nitrogens with zero attached hydrogens (tertiary/aromatic N) is 2. The van der Waals surface area contributed by atoms with Crippen molar-refractivity contribution in [2.75, 3.05) is 45.1 Å². The van der Waals surface area contributed by atoms with E-state index in [1.807, 2.05) is 11.0 Å². The summed E-state index contributed by atoms with van der Waals surface area (Å²) in [5.74, 6) is 0. The van der Waals surface area contributed by atoms with Gasteiger partial charge in [-0.1, -0.05) is 29.8 Å².